The topological polar surface area (TPSA) is 117 Å². The Balaban J connectivity index is 3.20. The first-order valence-electron chi connectivity index (χ1n) is 7.10. The van der Waals surface area contributed by atoms with Crippen molar-refractivity contribution in [2.45, 2.75) is 33.7 Å². The third kappa shape index (κ3) is 4.64. The number of hydrazine groups is 1. The number of nitro benzene ring substituents is 1. The third-order valence-electron chi connectivity index (χ3n) is 3.42. The van der Waals surface area contributed by atoms with Crippen LogP contribution in [0.1, 0.15) is 39.3 Å². The summed E-state index contributed by atoms with van der Waals surface area (Å²) in [7, 11) is 1.42. The summed E-state index contributed by atoms with van der Waals surface area (Å²) in [6, 6.07) is 2.28. The van der Waals surface area contributed by atoms with Crippen LogP contribution in [0.25, 0.3) is 0 Å². The number of rotatable bonds is 7. The van der Waals surface area contributed by atoms with E-state index in [0.717, 1.165) is 0 Å². The molecular formula is C15H23N3O5. The van der Waals surface area contributed by atoms with Crippen LogP contribution < -0.4 is 20.7 Å². The quantitative estimate of drug-likeness (QED) is 0.448. The van der Waals surface area contributed by atoms with E-state index >= 15 is 0 Å². The van der Waals surface area contributed by atoms with Gasteiger partial charge in [0.15, 0.2) is 17.3 Å². The predicted molar refractivity (Wildman–Crippen MR) is 85.3 cm³/mol. The molecule has 1 rings (SSSR count). The number of carbonyl (C=O) groups is 1. The monoisotopic (exact) mass is 325 g/mol. The molecule has 0 aromatic heterocycles. The summed E-state index contributed by atoms with van der Waals surface area (Å²) in [4.78, 5) is 22.7. The number of hydrogen-bond acceptors (Lipinski definition) is 7. The van der Waals surface area contributed by atoms with Crippen LogP contribution in [0.15, 0.2) is 12.1 Å². The second-order valence-electron chi connectivity index (χ2n) is 6.17. The van der Waals surface area contributed by atoms with E-state index in [0.29, 0.717) is 11.3 Å². The molecule has 0 fully saturated rings. The van der Waals surface area contributed by atoms with Gasteiger partial charge in [-0.15, -0.1) is 0 Å². The first-order chi connectivity index (χ1) is 10.6. The fourth-order valence-electron chi connectivity index (χ4n) is 1.79. The van der Waals surface area contributed by atoms with Crippen molar-refractivity contribution in [3.05, 3.63) is 27.8 Å². The van der Waals surface area contributed by atoms with Gasteiger partial charge in [-0.3, -0.25) is 26.2 Å². The highest BCUT2D eigenvalue weighted by Gasteiger charge is 2.25. The maximum absolute atomic E-state index is 12.0. The van der Waals surface area contributed by atoms with Gasteiger partial charge in [-0.1, -0.05) is 20.8 Å². The van der Waals surface area contributed by atoms with Crippen molar-refractivity contribution in [3.8, 4) is 11.5 Å². The number of nitrogens with zero attached hydrogens (tertiary/aromatic N) is 1. The first-order valence-corrected chi connectivity index (χ1v) is 7.10. The Hall–Kier alpha value is -2.19. The largest absolute Gasteiger partial charge is 0.493 e. The van der Waals surface area contributed by atoms with E-state index in [-0.39, 0.29) is 23.8 Å². The van der Waals surface area contributed by atoms with Crippen molar-refractivity contribution >= 4 is 11.5 Å². The summed E-state index contributed by atoms with van der Waals surface area (Å²) in [6.07, 6.45) is 0. The molecular weight excluding hydrogens is 302 g/mol. The van der Waals surface area contributed by atoms with Crippen LogP contribution in [0.2, 0.25) is 0 Å². The zero-order valence-electron chi connectivity index (χ0n) is 14.0. The Kier molecular flexibility index (Phi) is 6.05. The summed E-state index contributed by atoms with van der Waals surface area (Å²) in [5.41, 5.74) is 2.11. The van der Waals surface area contributed by atoms with Gasteiger partial charge in [0.2, 0.25) is 0 Å². The molecule has 1 aromatic rings. The van der Waals surface area contributed by atoms with Crippen molar-refractivity contribution in [1.82, 2.24) is 5.43 Å². The van der Waals surface area contributed by atoms with Crippen LogP contribution in [0.5, 0.6) is 11.5 Å². The van der Waals surface area contributed by atoms with Gasteiger partial charge in [0.25, 0.3) is 5.69 Å². The number of hydrogen-bond donors (Lipinski definition) is 2. The van der Waals surface area contributed by atoms with Gasteiger partial charge in [0.1, 0.15) is 6.61 Å². The number of nitro groups is 1. The minimum absolute atomic E-state index is 0.122. The minimum atomic E-state index is -0.558. The Morgan fingerprint density at radius 3 is 2.43 bits per heavy atom. The summed E-state index contributed by atoms with van der Waals surface area (Å²) < 4.78 is 10.7. The van der Waals surface area contributed by atoms with Crippen molar-refractivity contribution in [2.24, 2.45) is 11.3 Å². The summed E-state index contributed by atoms with van der Waals surface area (Å²) >= 11 is 0. The molecule has 0 aliphatic carbocycles. The fraction of sp³-hybridized carbons (Fsp3) is 0.533. The van der Waals surface area contributed by atoms with Crippen LogP contribution >= 0.6 is 0 Å². The normalized spacial score (nSPS) is 12.6. The van der Waals surface area contributed by atoms with E-state index in [1.807, 2.05) is 0 Å². The molecule has 0 saturated carbocycles. The lowest BCUT2D eigenvalue weighted by Gasteiger charge is -2.19. The number of carbonyl (C=O) groups excluding carboxylic acids is 1. The average molecular weight is 325 g/mol. The number of benzene rings is 1. The highest BCUT2D eigenvalue weighted by Crippen LogP contribution is 2.37. The molecule has 3 N–H and O–H groups in total. The Morgan fingerprint density at radius 1 is 1.39 bits per heavy atom. The molecule has 0 heterocycles. The van der Waals surface area contributed by atoms with Gasteiger partial charge in [-0.05, 0) is 13.0 Å². The van der Waals surface area contributed by atoms with Crippen molar-refractivity contribution in [3.63, 3.8) is 0 Å². The highest BCUT2D eigenvalue weighted by molar-refractivity contribution is 5.85. The maximum atomic E-state index is 12.0. The molecule has 0 saturated heterocycles. The average Bonchev–Trinajstić information content (AvgIpc) is 2.49. The van der Waals surface area contributed by atoms with E-state index < -0.39 is 16.4 Å². The van der Waals surface area contributed by atoms with Crippen LogP contribution in [0.4, 0.5) is 5.69 Å². The number of ketones is 1. The summed E-state index contributed by atoms with van der Waals surface area (Å²) in [5, 5.41) is 11.3. The molecule has 0 amide bonds. The molecule has 1 unspecified atom stereocenters. The second kappa shape index (κ2) is 7.38. The Bertz CT molecular complexity index is 596. The summed E-state index contributed by atoms with van der Waals surface area (Å²) in [5.74, 6) is 5.68. The number of Topliss-reactive ketones (excluding diaryl/α,β-unsaturated/α-hetero) is 1. The molecule has 23 heavy (non-hydrogen) atoms. The van der Waals surface area contributed by atoms with Gasteiger partial charge in [-0.25, -0.2) is 0 Å². The van der Waals surface area contributed by atoms with Gasteiger partial charge in [0, 0.05) is 5.41 Å². The van der Waals surface area contributed by atoms with Crippen LogP contribution in [-0.2, 0) is 4.79 Å². The molecule has 1 atom stereocenters. The third-order valence-corrected chi connectivity index (χ3v) is 3.42. The van der Waals surface area contributed by atoms with E-state index in [9.17, 15) is 14.9 Å². The Labute approximate surface area is 135 Å². The van der Waals surface area contributed by atoms with Gasteiger partial charge in [-0.2, -0.15) is 0 Å². The smallest absolute Gasteiger partial charge is 0.278 e. The summed E-state index contributed by atoms with van der Waals surface area (Å²) in [6.45, 7) is 6.81. The van der Waals surface area contributed by atoms with Crippen LogP contribution in [0.3, 0.4) is 0 Å². The molecule has 8 heteroatoms. The lowest BCUT2D eigenvalue weighted by atomic mass is 9.91. The molecule has 0 aliphatic heterocycles. The van der Waals surface area contributed by atoms with E-state index in [1.54, 1.807) is 27.7 Å². The lowest BCUT2D eigenvalue weighted by molar-refractivity contribution is -0.385. The van der Waals surface area contributed by atoms with E-state index in [1.165, 1.54) is 19.2 Å². The molecule has 0 bridgehead atoms. The van der Waals surface area contributed by atoms with Crippen molar-refractivity contribution in [1.29, 1.82) is 0 Å². The second-order valence-corrected chi connectivity index (χ2v) is 6.17. The molecule has 0 spiro atoms. The number of methoxy groups -OCH3 is 1. The van der Waals surface area contributed by atoms with Crippen LogP contribution in [-0.4, -0.2) is 24.4 Å². The zero-order chi connectivity index (χ0) is 17.8. The van der Waals surface area contributed by atoms with Crippen molar-refractivity contribution < 1.29 is 19.2 Å². The standard InChI is InChI=1S/C15H23N3O5/c1-9(17-16)10-6-12(22-5)13(7-11(10)18(20)21)23-8-14(19)15(2,3)4/h6-7,9,17H,8,16H2,1-5H3. The number of nitrogens with two attached hydrogens (primary N) is 1. The molecule has 0 aliphatic rings. The molecule has 128 valence electrons. The number of nitrogens with one attached hydrogen (secondary N) is 1. The Morgan fingerprint density at radius 2 is 2.00 bits per heavy atom. The van der Waals surface area contributed by atoms with E-state index in [4.69, 9.17) is 15.3 Å². The fourth-order valence-corrected chi connectivity index (χ4v) is 1.79. The van der Waals surface area contributed by atoms with Crippen LogP contribution in [0, 0.1) is 15.5 Å². The maximum Gasteiger partial charge on any atom is 0.278 e. The molecule has 0 radical (unpaired) electrons. The SMILES string of the molecule is COc1cc(C(C)NN)c([N+](=O)[O-])cc1OCC(=O)C(C)(C)C. The predicted octanol–water partition coefficient (Wildman–Crippen LogP) is 2.12. The zero-order valence-corrected chi connectivity index (χ0v) is 14.0. The van der Waals surface area contributed by atoms with Crippen molar-refractivity contribution in [2.75, 3.05) is 13.7 Å². The lowest BCUT2D eigenvalue weighted by Crippen LogP contribution is -2.27. The van der Waals surface area contributed by atoms with Gasteiger partial charge >= 0.3 is 0 Å². The first kappa shape index (κ1) is 18.9. The number of ether oxygens (including phenoxy) is 2. The minimum Gasteiger partial charge on any atom is -0.493 e. The van der Waals surface area contributed by atoms with E-state index in [2.05, 4.69) is 5.43 Å². The highest BCUT2D eigenvalue weighted by atomic mass is 16.6. The molecule has 1 aromatic carbocycles. The van der Waals surface area contributed by atoms with Gasteiger partial charge in [0.05, 0.1) is 29.7 Å². The molecule has 8 nitrogen and oxygen atoms in total. The van der Waals surface area contributed by atoms with Gasteiger partial charge < -0.3 is 9.47 Å².